The molecular formula is C22H20BrClN2O4S. The summed E-state index contributed by atoms with van der Waals surface area (Å²) >= 11 is 9.36. The monoisotopic (exact) mass is 522 g/mol. The number of ether oxygens (including phenoxy) is 1. The number of carbonyl (C=O) groups is 1. The number of nitrogens with one attached hydrogen (secondary N) is 2. The van der Waals surface area contributed by atoms with Crippen LogP contribution < -0.4 is 14.8 Å². The largest absolute Gasteiger partial charge is 0.482 e. The van der Waals surface area contributed by atoms with Gasteiger partial charge in [-0.1, -0.05) is 33.6 Å². The van der Waals surface area contributed by atoms with Crippen molar-refractivity contribution in [1.82, 2.24) is 0 Å². The fourth-order valence-electron chi connectivity index (χ4n) is 2.90. The number of benzene rings is 3. The molecule has 162 valence electrons. The summed E-state index contributed by atoms with van der Waals surface area (Å²) in [5, 5.41) is 3.04. The molecule has 6 nitrogen and oxygen atoms in total. The predicted molar refractivity (Wildman–Crippen MR) is 126 cm³/mol. The molecule has 31 heavy (non-hydrogen) atoms. The highest BCUT2D eigenvalue weighted by Gasteiger charge is 2.15. The minimum absolute atomic E-state index is 0.0857. The molecule has 3 aromatic carbocycles. The van der Waals surface area contributed by atoms with Gasteiger partial charge in [0.2, 0.25) is 0 Å². The Labute approximate surface area is 194 Å². The van der Waals surface area contributed by atoms with Crippen molar-refractivity contribution in [3.8, 4) is 5.75 Å². The van der Waals surface area contributed by atoms with Crippen molar-refractivity contribution < 1.29 is 17.9 Å². The standard InChI is InChI=1S/C22H20BrClN2O4S/c1-14-9-15(2)11-18(10-14)26-31(28,29)19-6-4-17(5-7-19)25-22(27)13-30-21-8-3-16(23)12-20(21)24/h3-12,26H,13H2,1-2H3,(H,25,27). The Morgan fingerprint density at radius 2 is 1.61 bits per heavy atom. The van der Waals surface area contributed by atoms with Gasteiger partial charge in [0.1, 0.15) is 5.75 Å². The topological polar surface area (TPSA) is 84.5 Å². The minimum atomic E-state index is -3.75. The fraction of sp³-hybridized carbons (Fsp3) is 0.136. The summed E-state index contributed by atoms with van der Waals surface area (Å²) in [4.78, 5) is 12.2. The second-order valence-corrected chi connectivity index (χ2v) is 9.92. The van der Waals surface area contributed by atoms with Gasteiger partial charge in [-0.05, 0) is 79.6 Å². The number of halogens is 2. The molecule has 0 saturated carbocycles. The van der Waals surface area contributed by atoms with Crippen molar-refractivity contribution >= 4 is 54.8 Å². The van der Waals surface area contributed by atoms with E-state index in [4.69, 9.17) is 16.3 Å². The minimum Gasteiger partial charge on any atom is -0.482 e. The quantitative estimate of drug-likeness (QED) is 0.426. The van der Waals surface area contributed by atoms with Gasteiger partial charge in [0.05, 0.1) is 9.92 Å². The van der Waals surface area contributed by atoms with E-state index in [-0.39, 0.29) is 11.5 Å². The van der Waals surface area contributed by atoms with Gasteiger partial charge >= 0.3 is 0 Å². The molecule has 9 heteroatoms. The van der Waals surface area contributed by atoms with Crippen LogP contribution in [0.2, 0.25) is 5.02 Å². The Morgan fingerprint density at radius 3 is 2.23 bits per heavy atom. The maximum atomic E-state index is 12.6. The summed E-state index contributed by atoms with van der Waals surface area (Å²) in [6.07, 6.45) is 0. The van der Waals surface area contributed by atoms with E-state index in [2.05, 4.69) is 26.0 Å². The van der Waals surface area contributed by atoms with Crippen LogP contribution in [0.3, 0.4) is 0 Å². The molecule has 0 atom stereocenters. The van der Waals surface area contributed by atoms with E-state index < -0.39 is 15.9 Å². The number of hydrogen-bond donors (Lipinski definition) is 2. The third kappa shape index (κ3) is 6.46. The van der Waals surface area contributed by atoms with E-state index in [1.54, 1.807) is 30.3 Å². The van der Waals surface area contributed by atoms with Crippen molar-refractivity contribution in [1.29, 1.82) is 0 Å². The first-order valence-electron chi connectivity index (χ1n) is 9.21. The molecule has 0 aliphatic heterocycles. The van der Waals surface area contributed by atoms with Crippen LogP contribution in [0.4, 0.5) is 11.4 Å². The Balaban J connectivity index is 1.61. The van der Waals surface area contributed by atoms with Crippen LogP contribution in [0, 0.1) is 13.8 Å². The fourth-order valence-corrected chi connectivity index (χ4v) is 4.67. The van der Waals surface area contributed by atoms with E-state index in [0.29, 0.717) is 22.1 Å². The van der Waals surface area contributed by atoms with Gasteiger partial charge in [-0.2, -0.15) is 0 Å². The van der Waals surface area contributed by atoms with Gasteiger partial charge in [0.15, 0.2) is 6.61 Å². The van der Waals surface area contributed by atoms with Crippen LogP contribution >= 0.6 is 27.5 Å². The zero-order chi connectivity index (χ0) is 22.6. The first-order valence-corrected chi connectivity index (χ1v) is 11.9. The smallest absolute Gasteiger partial charge is 0.262 e. The summed E-state index contributed by atoms with van der Waals surface area (Å²) < 4.78 is 34.1. The second kappa shape index (κ2) is 9.72. The zero-order valence-corrected chi connectivity index (χ0v) is 19.9. The number of carbonyl (C=O) groups excluding carboxylic acids is 1. The maximum Gasteiger partial charge on any atom is 0.262 e. The molecule has 1 amide bonds. The molecule has 0 aliphatic rings. The normalized spacial score (nSPS) is 11.1. The number of anilines is 2. The predicted octanol–water partition coefficient (Wildman–Crippen LogP) is 5.54. The Kier molecular flexibility index (Phi) is 7.25. The van der Waals surface area contributed by atoms with Crippen LogP contribution in [-0.4, -0.2) is 20.9 Å². The summed E-state index contributed by atoms with van der Waals surface area (Å²) in [5.41, 5.74) is 2.87. The van der Waals surface area contributed by atoms with Crippen LogP contribution in [-0.2, 0) is 14.8 Å². The van der Waals surface area contributed by atoms with E-state index in [0.717, 1.165) is 15.6 Å². The van der Waals surface area contributed by atoms with Crippen LogP contribution in [0.1, 0.15) is 11.1 Å². The maximum absolute atomic E-state index is 12.6. The molecule has 0 radical (unpaired) electrons. The van der Waals surface area contributed by atoms with Crippen LogP contribution in [0.5, 0.6) is 5.75 Å². The average Bonchev–Trinajstić information content (AvgIpc) is 2.66. The van der Waals surface area contributed by atoms with E-state index in [9.17, 15) is 13.2 Å². The van der Waals surface area contributed by atoms with Gasteiger partial charge in [-0.3, -0.25) is 9.52 Å². The lowest BCUT2D eigenvalue weighted by molar-refractivity contribution is -0.118. The van der Waals surface area contributed by atoms with Gasteiger partial charge in [0.25, 0.3) is 15.9 Å². The van der Waals surface area contributed by atoms with Crippen molar-refractivity contribution in [3.63, 3.8) is 0 Å². The number of amides is 1. The molecule has 3 aromatic rings. The van der Waals surface area contributed by atoms with Crippen molar-refractivity contribution in [2.45, 2.75) is 18.7 Å². The third-order valence-corrected chi connectivity index (χ3v) is 6.36. The summed E-state index contributed by atoms with van der Waals surface area (Å²) in [7, 11) is -3.75. The molecule has 2 N–H and O–H groups in total. The van der Waals surface area contributed by atoms with Crippen molar-refractivity contribution in [2.24, 2.45) is 0 Å². The number of rotatable bonds is 7. The summed E-state index contributed by atoms with van der Waals surface area (Å²) in [6, 6.07) is 16.4. The lowest BCUT2D eigenvalue weighted by Gasteiger charge is -2.11. The molecular weight excluding hydrogens is 504 g/mol. The molecule has 0 bridgehead atoms. The molecule has 0 heterocycles. The first-order chi connectivity index (χ1) is 14.6. The Morgan fingerprint density at radius 1 is 0.968 bits per heavy atom. The third-order valence-electron chi connectivity index (χ3n) is 4.17. The highest BCUT2D eigenvalue weighted by Crippen LogP contribution is 2.27. The van der Waals surface area contributed by atoms with Crippen molar-refractivity contribution in [2.75, 3.05) is 16.6 Å². The average molecular weight is 524 g/mol. The van der Waals surface area contributed by atoms with Gasteiger partial charge < -0.3 is 10.1 Å². The van der Waals surface area contributed by atoms with E-state index >= 15 is 0 Å². The van der Waals surface area contributed by atoms with Crippen LogP contribution in [0.15, 0.2) is 70.0 Å². The Bertz CT molecular complexity index is 1190. The molecule has 0 unspecified atom stereocenters. The highest BCUT2D eigenvalue weighted by molar-refractivity contribution is 9.10. The van der Waals surface area contributed by atoms with E-state index in [1.165, 1.54) is 24.3 Å². The summed E-state index contributed by atoms with van der Waals surface area (Å²) in [5.74, 6) is -0.0122. The number of sulfonamides is 1. The van der Waals surface area contributed by atoms with Gasteiger partial charge in [-0.25, -0.2) is 8.42 Å². The summed E-state index contributed by atoms with van der Waals surface area (Å²) in [6.45, 7) is 3.56. The number of hydrogen-bond acceptors (Lipinski definition) is 4. The zero-order valence-electron chi connectivity index (χ0n) is 16.8. The van der Waals surface area contributed by atoms with Gasteiger partial charge in [0, 0.05) is 15.8 Å². The molecule has 3 rings (SSSR count). The number of aryl methyl sites for hydroxylation is 2. The molecule has 0 fully saturated rings. The lowest BCUT2D eigenvalue weighted by atomic mass is 10.1. The van der Waals surface area contributed by atoms with E-state index in [1.807, 2.05) is 19.9 Å². The molecule has 0 aromatic heterocycles. The lowest BCUT2D eigenvalue weighted by Crippen LogP contribution is -2.20. The second-order valence-electron chi connectivity index (χ2n) is 6.92. The Hall–Kier alpha value is -2.55. The highest BCUT2D eigenvalue weighted by atomic mass is 79.9. The molecule has 0 aliphatic carbocycles. The van der Waals surface area contributed by atoms with Crippen LogP contribution in [0.25, 0.3) is 0 Å². The van der Waals surface area contributed by atoms with Gasteiger partial charge in [-0.15, -0.1) is 0 Å². The molecule has 0 saturated heterocycles. The first kappa shape index (κ1) is 23.1. The molecule has 0 spiro atoms. The SMILES string of the molecule is Cc1cc(C)cc(NS(=O)(=O)c2ccc(NC(=O)COc3ccc(Br)cc3Cl)cc2)c1. The van der Waals surface area contributed by atoms with Crippen molar-refractivity contribution in [3.05, 3.63) is 81.3 Å².